The van der Waals surface area contributed by atoms with Crippen molar-refractivity contribution < 1.29 is 14.6 Å². The normalized spacial score (nSPS) is 19.4. The quantitative estimate of drug-likeness (QED) is 0.912. The summed E-state index contributed by atoms with van der Waals surface area (Å²) in [5.41, 5.74) is 0.699. The van der Waals surface area contributed by atoms with Crippen LogP contribution >= 0.6 is 11.6 Å². The van der Waals surface area contributed by atoms with E-state index in [0.29, 0.717) is 29.6 Å². The fourth-order valence-corrected chi connectivity index (χ4v) is 2.15. The lowest BCUT2D eigenvalue weighted by molar-refractivity contribution is -0.117. The molecule has 1 aliphatic rings. The highest BCUT2D eigenvalue weighted by Gasteiger charge is 2.29. The highest BCUT2D eigenvalue weighted by Crippen LogP contribution is 2.31. The van der Waals surface area contributed by atoms with Crippen molar-refractivity contribution in [3.8, 4) is 5.75 Å². The van der Waals surface area contributed by atoms with Gasteiger partial charge in [0.2, 0.25) is 5.91 Å². The van der Waals surface area contributed by atoms with Crippen molar-refractivity contribution in [2.45, 2.75) is 25.9 Å². The molecule has 2 rings (SSSR count). The van der Waals surface area contributed by atoms with E-state index in [1.807, 2.05) is 6.92 Å². The number of hydrogen-bond donors (Lipinski definition) is 1. The van der Waals surface area contributed by atoms with Crippen LogP contribution in [0.2, 0.25) is 5.02 Å². The molecule has 1 fully saturated rings. The van der Waals surface area contributed by atoms with Gasteiger partial charge in [0.05, 0.1) is 30.7 Å². The van der Waals surface area contributed by atoms with Crippen molar-refractivity contribution >= 4 is 23.2 Å². The summed E-state index contributed by atoms with van der Waals surface area (Å²) in [4.78, 5) is 13.2. The highest BCUT2D eigenvalue weighted by molar-refractivity contribution is 6.32. The molecule has 1 aromatic rings. The number of anilines is 1. The summed E-state index contributed by atoms with van der Waals surface area (Å²) in [6.45, 7) is 2.96. The van der Waals surface area contributed by atoms with Crippen molar-refractivity contribution in [3.05, 3.63) is 23.2 Å². The van der Waals surface area contributed by atoms with Crippen LogP contribution in [0, 0.1) is 0 Å². The molecule has 0 radical (unpaired) electrons. The zero-order chi connectivity index (χ0) is 13.1. The average Bonchev–Trinajstić information content (AvgIpc) is 2.67. The maximum atomic E-state index is 11.6. The SMILES string of the molecule is CCCOc1ccc(N2CC(O)CC2=O)cc1Cl. The van der Waals surface area contributed by atoms with Gasteiger partial charge in [-0.25, -0.2) is 0 Å². The van der Waals surface area contributed by atoms with Gasteiger partial charge in [0.15, 0.2) is 0 Å². The number of halogens is 1. The Morgan fingerprint density at radius 2 is 2.33 bits per heavy atom. The van der Waals surface area contributed by atoms with E-state index in [-0.39, 0.29) is 12.3 Å². The lowest BCUT2D eigenvalue weighted by Gasteiger charge is -2.17. The van der Waals surface area contributed by atoms with Crippen LogP contribution in [0.15, 0.2) is 18.2 Å². The molecule has 1 saturated heterocycles. The van der Waals surface area contributed by atoms with E-state index in [9.17, 15) is 9.90 Å². The van der Waals surface area contributed by atoms with Crippen LogP contribution in [-0.2, 0) is 4.79 Å². The minimum atomic E-state index is -0.590. The Hall–Kier alpha value is -1.26. The van der Waals surface area contributed by atoms with Gasteiger partial charge >= 0.3 is 0 Å². The third kappa shape index (κ3) is 2.76. The highest BCUT2D eigenvalue weighted by atomic mass is 35.5. The van der Waals surface area contributed by atoms with E-state index in [1.54, 1.807) is 23.1 Å². The Labute approximate surface area is 111 Å². The standard InChI is InChI=1S/C13H16ClNO3/c1-2-5-18-12-4-3-9(6-11(12)14)15-8-10(16)7-13(15)17/h3-4,6,10,16H,2,5,7-8H2,1H3. The van der Waals surface area contributed by atoms with Crippen molar-refractivity contribution in [3.63, 3.8) is 0 Å². The molecule has 0 bridgehead atoms. The van der Waals surface area contributed by atoms with Gasteiger partial charge in [-0.1, -0.05) is 18.5 Å². The average molecular weight is 270 g/mol. The molecular formula is C13H16ClNO3. The number of aliphatic hydroxyl groups excluding tert-OH is 1. The third-order valence-electron chi connectivity index (χ3n) is 2.79. The second-order valence-corrected chi connectivity index (χ2v) is 4.73. The van der Waals surface area contributed by atoms with E-state index in [1.165, 1.54) is 0 Å². The molecule has 98 valence electrons. The van der Waals surface area contributed by atoms with E-state index < -0.39 is 6.10 Å². The van der Waals surface area contributed by atoms with Gasteiger partial charge in [0, 0.05) is 5.69 Å². The van der Waals surface area contributed by atoms with Crippen LogP contribution in [0.25, 0.3) is 0 Å². The summed E-state index contributed by atoms with van der Waals surface area (Å²) in [5.74, 6) is 0.537. The van der Waals surface area contributed by atoms with Gasteiger partial charge in [-0.3, -0.25) is 4.79 Å². The number of β-amino-alcohol motifs (C(OH)–C–C–N with tert-alkyl or cyclic N) is 1. The number of carbonyl (C=O) groups is 1. The Morgan fingerprint density at radius 3 is 2.89 bits per heavy atom. The summed E-state index contributed by atoms with van der Waals surface area (Å²) >= 11 is 6.10. The topological polar surface area (TPSA) is 49.8 Å². The molecule has 1 unspecified atom stereocenters. The molecule has 0 aliphatic carbocycles. The predicted octanol–water partition coefficient (Wildman–Crippen LogP) is 2.23. The Kier molecular flexibility index (Phi) is 4.09. The number of benzene rings is 1. The third-order valence-corrected chi connectivity index (χ3v) is 3.09. The summed E-state index contributed by atoms with van der Waals surface area (Å²) in [6.07, 6.45) is 0.493. The van der Waals surface area contributed by atoms with Gasteiger partial charge in [-0.15, -0.1) is 0 Å². The predicted molar refractivity (Wildman–Crippen MR) is 70.2 cm³/mol. The zero-order valence-corrected chi connectivity index (χ0v) is 11.0. The number of amides is 1. The van der Waals surface area contributed by atoms with Gasteiger partial charge in [0.25, 0.3) is 0 Å². The molecule has 1 aromatic carbocycles. The van der Waals surface area contributed by atoms with E-state index >= 15 is 0 Å². The van der Waals surface area contributed by atoms with E-state index in [0.717, 1.165) is 6.42 Å². The Bertz CT molecular complexity index is 450. The first-order chi connectivity index (χ1) is 8.61. The number of ether oxygens (including phenoxy) is 1. The molecule has 1 atom stereocenters. The van der Waals surface area contributed by atoms with Gasteiger partial charge < -0.3 is 14.7 Å². The summed E-state index contributed by atoms with van der Waals surface area (Å²) in [5, 5.41) is 9.93. The number of nitrogens with zero attached hydrogens (tertiary/aromatic N) is 1. The zero-order valence-electron chi connectivity index (χ0n) is 10.2. The number of rotatable bonds is 4. The molecule has 0 aromatic heterocycles. The van der Waals surface area contributed by atoms with Gasteiger partial charge in [-0.05, 0) is 24.6 Å². The van der Waals surface area contributed by atoms with Crippen LogP contribution in [0.4, 0.5) is 5.69 Å². The maximum Gasteiger partial charge on any atom is 0.229 e. The van der Waals surface area contributed by atoms with Crippen LogP contribution < -0.4 is 9.64 Å². The molecule has 0 spiro atoms. The fourth-order valence-electron chi connectivity index (χ4n) is 1.92. The first-order valence-electron chi connectivity index (χ1n) is 6.02. The molecule has 5 heteroatoms. The minimum absolute atomic E-state index is 0.0826. The molecule has 1 heterocycles. The van der Waals surface area contributed by atoms with E-state index in [4.69, 9.17) is 16.3 Å². The Balaban J connectivity index is 2.16. The summed E-state index contributed by atoms with van der Waals surface area (Å²) in [7, 11) is 0. The van der Waals surface area contributed by atoms with Gasteiger partial charge in [0.1, 0.15) is 5.75 Å². The van der Waals surface area contributed by atoms with Gasteiger partial charge in [-0.2, -0.15) is 0 Å². The monoisotopic (exact) mass is 269 g/mol. The fraction of sp³-hybridized carbons (Fsp3) is 0.462. The van der Waals surface area contributed by atoms with Crippen molar-refractivity contribution in [2.75, 3.05) is 18.1 Å². The van der Waals surface area contributed by atoms with Crippen LogP contribution in [-0.4, -0.2) is 30.3 Å². The Morgan fingerprint density at radius 1 is 1.56 bits per heavy atom. The largest absolute Gasteiger partial charge is 0.492 e. The maximum absolute atomic E-state index is 11.6. The lowest BCUT2D eigenvalue weighted by atomic mass is 10.2. The second-order valence-electron chi connectivity index (χ2n) is 4.33. The van der Waals surface area contributed by atoms with Crippen molar-refractivity contribution in [2.24, 2.45) is 0 Å². The minimum Gasteiger partial charge on any atom is -0.492 e. The molecule has 1 amide bonds. The smallest absolute Gasteiger partial charge is 0.229 e. The second kappa shape index (κ2) is 5.59. The van der Waals surface area contributed by atoms with Crippen molar-refractivity contribution in [1.82, 2.24) is 0 Å². The molecular weight excluding hydrogens is 254 g/mol. The van der Waals surface area contributed by atoms with Crippen molar-refractivity contribution in [1.29, 1.82) is 0 Å². The molecule has 18 heavy (non-hydrogen) atoms. The first kappa shape index (κ1) is 13.2. The van der Waals surface area contributed by atoms with Crippen LogP contribution in [0.5, 0.6) is 5.75 Å². The number of hydrogen-bond acceptors (Lipinski definition) is 3. The van der Waals surface area contributed by atoms with Crippen LogP contribution in [0.1, 0.15) is 19.8 Å². The molecule has 4 nitrogen and oxygen atoms in total. The number of aliphatic hydroxyl groups is 1. The molecule has 1 aliphatic heterocycles. The van der Waals surface area contributed by atoms with E-state index in [2.05, 4.69) is 0 Å². The summed E-state index contributed by atoms with van der Waals surface area (Å²) in [6, 6.07) is 5.24. The lowest BCUT2D eigenvalue weighted by Crippen LogP contribution is -2.25. The molecule has 0 saturated carbocycles. The van der Waals surface area contributed by atoms with Crippen LogP contribution in [0.3, 0.4) is 0 Å². The molecule has 1 N–H and O–H groups in total. The summed E-state index contributed by atoms with van der Waals surface area (Å²) < 4.78 is 5.47. The first-order valence-corrected chi connectivity index (χ1v) is 6.40. The number of carbonyl (C=O) groups excluding carboxylic acids is 1.